The Morgan fingerprint density at radius 3 is 2.80 bits per heavy atom. The van der Waals surface area contributed by atoms with Crippen LogP contribution in [0.1, 0.15) is 5.76 Å². The third-order valence-corrected chi connectivity index (χ3v) is 2.47. The van der Waals surface area contributed by atoms with E-state index in [0.717, 1.165) is 0 Å². The second-order valence-corrected chi connectivity index (χ2v) is 3.82. The monoisotopic (exact) mass is 272 g/mol. The molecular weight excluding hydrogens is 260 g/mol. The average molecular weight is 272 g/mol. The van der Waals surface area contributed by atoms with Gasteiger partial charge in [-0.15, -0.1) is 0 Å². The van der Waals surface area contributed by atoms with Gasteiger partial charge in [0.25, 0.3) is 5.95 Å². The molecule has 0 saturated carbocycles. The van der Waals surface area contributed by atoms with Crippen molar-refractivity contribution in [2.75, 3.05) is 17.7 Å². The third-order valence-electron chi connectivity index (χ3n) is 2.47. The van der Waals surface area contributed by atoms with Crippen LogP contribution in [0.15, 0.2) is 35.2 Å². The maximum absolute atomic E-state index is 5.00. The van der Waals surface area contributed by atoms with Crippen molar-refractivity contribution in [3.8, 4) is 5.95 Å². The van der Waals surface area contributed by atoms with E-state index in [9.17, 15) is 0 Å². The summed E-state index contributed by atoms with van der Waals surface area (Å²) in [7, 11) is 1.74. The summed E-state index contributed by atoms with van der Waals surface area (Å²) in [4.78, 5) is 12.7. The summed E-state index contributed by atoms with van der Waals surface area (Å²) in [6.07, 6.45) is 5.00. The number of hydrogen-bond donors (Lipinski definition) is 2. The first kappa shape index (κ1) is 12.1. The Balaban J connectivity index is 1.84. The average Bonchev–Trinajstić information content (AvgIpc) is 3.17. The molecule has 0 unspecified atom stereocenters. The van der Waals surface area contributed by atoms with E-state index in [0.29, 0.717) is 30.2 Å². The predicted octanol–water partition coefficient (Wildman–Crippen LogP) is 0.699. The minimum Gasteiger partial charge on any atom is -0.360 e. The van der Waals surface area contributed by atoms with Gasteiger partial charge in [-0.25, -0.2) is 4.68 Å². The number of anilines is 2. The molecule has 0 aliphatic heterocycles. The van der Waals surface area contributed by atoms with Gasteiger partial charge in [0.05, 0.1) is 12.7 Å². The zero-order valence-electron chi connectivity index (χ0n) is 10.7. The van der Waals surface area contributed by atoms with Crippen LogP contribution in [-0.4, -0.2) is 36.9 Å². The summed E-state index contributed by atoms with van der Waals surface area (Å²) in [6, 6.07) is 3.56. The van der Waals surface area contributed by atoms with E-state index in [-0.39, 0.29) is 0 Å². The zero-order valence-corrected chi connectivity index (χ0v) is 10.7. The Labute approximate surface area is 114 Å². The lowest BCUT2D eigenvalue weighted by Gasteiger charge is -2.07. The van der Waals surface area contributed by atoms with Crippen LogP contribution in [0.5, 0.6) is 0 Å². The molecule has 0 atom stereocenters. The Morgan fingerprint density at radius 2 is 2.10 bits per heavy atom. The highest BCUT2D eigenvalue weighted by Gasteiger charge is 2.08. The largest absolute Gasteiger partial charge is 0.360 e. The molecule has 0 radical (unpaired) electrons. The van der Waals surface area contributed by atoms with Gasteiger partial charge in [-0.3, -0.25) is 0 Å². The normalized spacial score (nSPS) is 10.4. The first-order valence-electron chi connectivity index (χ1n) is 5.92. The van der Waals surface area contributed by atoms with E-state index in [1.807, 2.05) is 0 Å². The summed E-state index contributed by atoms with van der Waals surface area (Å²) in [5.41, 5.74) is 0. The van der Waals surface area contributed by atoms with Crippen molar-refractivity contribution in [3.63, 3.8) is 0 Å². The van der Waals surface area contributed by atoms with Crippen molar-refractivity contribution in [2.24, 2.45) is 0 Å². The lowest BCUT2D eigenvalue weighted by molar-refractivity contribution is 0.387. The van der Waals surface area contributed by atoms with E-state index in [1.54, 1.807) is 42.5 Å². The lowest BCUT2D eigenvalue weighted by Crippen LogP contribution is -2.11. The van der Waals surface area contributed by atoms with Crippen LogP contribution >= 0.6 is 0 Å². The Kier molecular flexibility index (Phi) is 3.23. The third kappa shape index (κ3) is 2.55. The van der Waals surface area contributed by atoms with Crippen LogP contribution in [0.2, 0.25) is 0 Å². The summed E-state index contributed by atoms with van der Waals surface area (Å²) in [5.74, 6) is 1.99. The van der Waals surface area contributed by atoms with Crippen LogP contribution in [0, 0.1) is 0 Å². The fourth-order valence-electron chi connectivity index (χ4n) is 1.54. The van der Waals surface area contributed by atoms with Gasteiger partial charge < -0.3 is 15.2 Å². The van der Waals surface area contributed by atoms with Gasteiger partial charge in [-0.05, 0) is 6.07 Å². The zero-order chi connectivity index (χ0) is 13.8. The highest BCUT2D eigenvalue weighted by atomic mass is 16.5. The first-order valence-corrected chi connectivity index (χ1v) is 5.92. The van der Waals surface area contributed by atoms with Gasteiger partial charge in [-0.2, -0.15) is 20.1 Å². The second kappa shape index (κ2) is 5.34. The quantitative estimate of drug-likeness (QED) is 0.699. The molecule has 3 aromatic rings. The van der Waals surface area contributed by atoms with Crippen LogP contribution in [-0.2, 0) is 6.54 Å². The van der Waals surface area contributed by atoms with E-state index in [1.165, 1.54) is 0 Å². The molecular formula is C11H12N8O. The molecule has 0 fully saturated rings. The number of nitrogens with zero attached hydrogens (tertiary/aromatic N) is 6. The van der Waals surface area contributed by atoms with Crippen molar-refractivity contribution in [1.82, 2.24) is 29.9 Å². The summed E-state index contributed by atoms with van der Waals surface area (Å²) in [6.45, 7) is 0.436. The molecule has 2 N–H and O–H groups in total. The fourth-order valence-corrected chi connectivity index (χ4v) is 1.54. The van der Waals surface area contributed by atoms with Crippen molar-refractivity contribution in [3.05, 3.63) is 36.5 Å². The molecule has 20 heavy (non-hydrogen) atoms. The SMILES string of the molecule is CNc1nc(NCc2ccno2)nc(-n2cccn2)n1. The molecule has 3 aromatic heterocycles. The van der Waals surface area contributed by atoms with Gasteiger partial charge >= 0.3 is 0 Å². The van der Waals surface area contributed by atoms with Crippen molar-refractivity contribution >= 4 is 11.9 Å². The van der Waals surface area contributed by atoms with Crippen molar-refractivity contribution < 1.29 is 4.52 Å². The maximum atomic E-state index is 5.00. The van der Waals surface area contributed by atoms with Gasteiger partial charge in [0, 0.05) is 25.5 Å². The molecule has 0 spiro atoms. The van der Waals surface area contributed by atoms with Crippen LogP contribution in [0.3, 0.4) is 0 Å². The van der Waals surface area contributed by atoms with E-state index in [2.05, 4.69) is 35.8 Å². The Morgan fingerprint density at radius 1 is 1.20 bits per heavy atom. The predicted molar refractivity (Wildman–Crippen MR) is 70.3 cm³/mol. The molecule has 0 amide bonds. The van der Waals surface area contributed by atoms with Gasteiger partial charge in [-0.1, -0.05) is 5.16 Å². The summed E-state index contributed by atoms with van der Waals surface area (Å²) in [5, 5.41) is 13.7. The summed E-state index contributed by atoms with van der Waals surface area (Å²) >= 11 is 0. The number of hydrogen-bond acceptors (Lipinski definition) is 8. The molecule has 0 aliphatic carbocycles. The Hall–Kier alpha value is -2.97. The van der Waals surface area contributed by atoms with Gasteiger partial charge in [0.1, 0.15) is 0 Å². The van der Waals surface area contributed by atoms with Gasteiger partial charge in [0.15, 0.2) is 5.76 Å². The molecule has 3 rings (SSSR count). The van der Waals surface area contributed by atoms with E-state index in [4.69, 9.17) is 4.52 Å². The number of rotatable bonds is 5. The standard InChI is InChI=1S/C11H12N8O/c1-12-9-16-10(13-7-8-3-5-15-20-8)18-11(17-9)19-6-2-4-14-19/h2-6H,7H2,1H3,(H2,12,13,16,17,18). The summed E-state index contributed by atoms with van der Waals surface area (Å²) < 4.78 is 6.56. The van der Waals surface area contributed by atoms with Gasteiger partial charge in [0.2, 0.25) is 11.9 Å². The highest BCUT2D eigenvalue weighted by Crippen LogP contribution is 2.09. The Bertz CT molecular complexity index is 664. The van der Waals surface area contributed by atoms with Crippen molar-refractivity contribution in [1.29, 1.82) is 0 Å². The molecule has 9 heteroatoms. The van der Waals surface area contributed by atoms with Crippen LogP contribution < -0.4 is 10.6 Å². The topological polar surface area (TPSA) is 107 Å². The minimum atomic E-state index is 0.422. The number of nitrogens with one attached hydrogen (secondary N) is 2. The minimum absolute atomic E-state index is 0.422. The van der Waals surface area contributed by atoms with E-state index < -0.39 is 0 Å². The molecule has 0 bridgehead atoms. The fraction of sp³-hybridized carbons (Fsp3) is 0.182. The van der Waals surface area contributed by atoms with Crippen LogP contribution in [0.25, 0.3) is 5.95 Å². The second-order valence-electron chi connectivity index (χ2n) is 3.82. The first-order chi connectivity index (χ1) is 9.85. The smallest absolute Gasteiger partial charge is 0.257 e. The molecule has 9 nitrogen and oxygen atoms in total. The molecule has 3 heterocycles. The molecule has 0 aromatic carbocycles. The van der Waals surface area contributed by atoms with Crippen molar-refractivity contribution in [2.45, 2.75) is 6.54 Å². The van der Waals surface area contributed by atoms with E-state index >= 15 is 0 Å². The maximum Gasteiger partial charge on any atom is 0.257 e. The number of aromatic nitrogens is 6. The lowest BCUT2D eigenvalue weighted by atomic mass is 10.4. The molecule has 0 aliphatic rings. The van der Waals surface area contributed by atoms with Crippen LogP contribution in [0.4, 0.5) is 11.9 Å². The molecule has 0 saturated heterocycles. The molecule has 102 valence electrons. The highest BCUT2D eigenvalue weighted by molar-refractivity contribution is 5.37.